The summed E-state index contributed by atoms with van der Waals surface area (Å²) in [4.78, 5) is 2.52. The maximum absolute atomic E-state index is 2.58. The second-order valence-corrected chi connectivity index (χ2v) is 14.8. The molecular weight excluding hydrogens is 665 g/mol. The molecule has 2 nitrogen and oxygen atoms in total. The topological polar surface area (TPSA) is 8.17 Å². The summed E-state index contributed by atoms with van der Waals surface area (Å²) >= 11 is 0. The molecule has 1 aliphatic heterocycles. The third-order valence-electron chi connectivity index (χ3n) is 12.2. The van der Waals surface area contributed by atoms with E-state index < -0.39 is 5.41 Å². The van der Waals surface area contributed by atoms with Crippen molar-refractivity contribution >= 4 is 49.6 Å². The van der Waals surface area contributed by atoms with E-state index in [1.165, 1.54) is 82.8 Å². The van der Waals surface area contributed by atoms with Gasteiger partial charge in [0.15, 0.2) is 0 Å². The lowest BCUT2D eigenvalue weighted by Gasteiger charge is -2.41. The molecule has 256 valence electrons. The van der Waals surface area contributed by atoms with Gasteiger partial charge in [-0.1, -0.05) is 176 Å². The zero-order chi connectivity index (χ0) is 36.1. The van der Waals surface area contributed by atoms with Crippen LogP contribution in [0.15, 0.2) is 206 Å². The fraction of sp³-hybridized carbons (Fsp3) is 0.0189. The van der Waals surface area contributed by atoms with Crippen LogP contribution in [-0.4, -0.2) is 4.57 Å². The van der Waals surface area contributed by atoms with E-state index >= 15 is 0 Å². The van der Waals surface area contributed by atoms with Crippen LogP contribution in [0.4, 0.5) is 17.1 Å². The molecule has 0 radical (unpaired) electrons. The first kappa shape index (κ1) is 30.3. The van der Waals surface area contributed by atoms with Crippen LogP contribution in [0.2, 0.25) is 0 Å². The second kappa shape index (κ2) is 11.4. The Kier molecular flexibility index (Phi) is 6.29. The summed E-state index contributed by atoms with van der Waals surface area (Å²) in [5.41, 5.74) is 16.8. The van der Waals surface area contributed by atoms with Crippen molar-refractivity contribution in [3.05, 3.63) is 229 Å². The lowest BCUT2D eigenvalue weighted by Crippen LogP contribution is -2.34. The molecule has 0 atom stereocenters. The van der Waals surface area contributed by atoms with Crippen molar-refractivity contribution < 1.29 is 0 Å². The summed E-state index contributed by atoms with van der Waals surface area (Å²) in [5, 5.41) is 4.96. The number of aromatic nitrogens is 1. The maximum atomic E-state index is 2.58. The lowest BCUT2D eigenvalue weighted by atomic mass is 9.65. The van der Waals surface area contributed by atoms with Crippen molar-refractivity contribution in [2.45, 2.75) is 5.41 Å². The molecule has 0 bridgehead atoms. The summed E-state index contributed by atoms with van der Waals surface area (Å²) in [6, 6.07) is 76.4. The normalized spacial score (nSPS) is 13.2. The molecule has 0 saturated heterocycles. The van der Waals surface area contributed by atoms with E-state index in [1.807, 2.05) is 0 Å². The lowest BCUT2D eigenvalue weighted by molar-refractivity contribution is 0.748. The van der Waals surface area contributed by atoms with Gasteiger partial charge in [-0.25, -0.2) is 0 Å². The van der Waals surface area contributed by atoms with E-state index in [-0.39, 0.29) is 0 Å². The van der Waals surface area contributed by atoms with Gasteiger partial charge in [0.2, 0.25) is 0 Å². The predicted octanol–water partition coefficient (Wildman–Crippen LogP) is 13.8. The number of benzene rings is 9. The summed E-state index contributed by atoms with van der Waals surface area (Å²) in [5.74, 6) is 0. The number of anilines is 3. The number of hydrogen-bond donors (Lipinski definition) is 0. The molecule has 2 aliphatic rings. The Morgan fingerprint density at radius 3 is 1.78 bits per heavy atom. The molecule has 2 heteroatoms. The molecule has 0 fully saturated rings. The summed E-state index contributed by atoms with van der Waals surface area (Å²) in [6.07, 6.45) is 0. The molecule has 0 amide bonds. The van der Waals surface area contributed by atoms with E-state index in [9.17, 15) is 0 Å². The highest BCUT2D eigenvalue weighted by atomic mass is 15.2. The summed E-state index contributed by atoms with van der Waals surface area (Å²) < 4.78 is 2.58. The second-order valence-electron chi connectivity index (χ2n) is 14.8. The average molecular weight is 699 g/mol. The molecule has 0 unspecified atom stereocenters. The molecule has 1 aliphatic carbocycles. The van der Waals surface area contributed by atoms with E-state index in [0.717, 1.165) is 17.1 Å². The summed E-state index contributed by atoms with van der Waals surface area (Å²) in [7, 11) is 0. The summed E-state index contributed by atoms with van der Waals surface area (Å²) in [6.45, 7) is 0. The van der Waals surface area contributed by atoms with Crippen LogP contribution < -0.4 is 4.90 Å². The Morgan fingerprint density at radius 2 is 0.945 bits per heavy atom. The SMILES string of the molecule is c1ccc(-c2cccc(N(c3cccc4c3-n3c5ccccc5c5cccc(c53)C43c4ccccc4-c4ccccc43)c3cccc4ccccc34)c2)cc1. The predicted molar refractivity (Wildman–Crippen MR) is 229 cm³/mol. The largest absolute Gasteiger partial charge is 0.308 e. The van der Waals surface area contributed by atoms with E-state index in [2.05, 4.69) is 216 Å². The molecular formula is C53H34N2. The van der Waals surface area contributed by atoms with Crippen LogP contribution in [-0.2, 0) is 5.41 Å². The van der Waals surface area contributed by atoms with Crippen molar-refractivity contribution in [1.82, 2.24) is 4.57 Å². The van der Waals surface area contributed by atoms with E-state index in [1.54, 1.807) is 0 Å². The van der Waals surface area contributed by atoms with E-state index in [0.29, 0.717) is 0 Å². The van der Waals surface area contributed by atoms with Gasteiger partial charge in [0, 0.05) is 21.8 Å². The van der Waals surface area contributed by atoms with Gasteiger partial charge in [0.25, 0.3) is 0 Å². The zero-order valence-corrected chi connectivity index (χ0v) is 30.0. The van der Waals surface area contributed by atoms with Gasteiger partial charge in [-0.15, -0.1) is 0 Å². The fourth-order valence-corrected chi connectivity index (χ4v) is 10.0. The smallest absolute Gasteiger partial charge is 0.0755 e. The van der Waals surface area contributed by atoms with Crippen LogP contribution in [0, 0.1) is 0 Å². The Hall–Kier alpha value is -7.16. The van der Waals surface area contributed by atoms with Crippen molar-refractivity contribution in [3.8, 4) is 27.9 Å². The maximum Gasteiger partial charge on any atom is 0.0755 e. The van der Waals surface area contributed by atoms with Gasteiger partial charge in [0.1, 0.15) is 0 Å². The Balaban J connectivity index is 1.27. The number of nitrogens with zero attached hydrogens (tertiary/aromatic N) is 2. The first-order valence-corrected chi connectivity index (χ1v) is 19.1. The molecule has 1 spiro atoms. The minimum Gasteiger partial charge on any atom is -0.308 e. The highest BCUT2D eigenvalue weighted by Crippen LogP contribution is 2.62. The molecule has 2 heterocycles. The highest BCUT2D eigenvalue weighted by Gasteiger charge is 2.51. The third-order valence-corrected chi connectivity index (χ3v) is 12.2. The first-order valence-electron chi connectivity index (χ1n) is 19.1. The number of rotatable bonds is 4. The van der Waals surface area contributed by atoms with Crippen LogP contribution in [0.3, 0.4) is 0 Å². The van der Waals surface area contributed by atoms with Crippen LogP contribution in [0.1, 0.15) is 22.3 Å². The van der Waals surface area contributed by atoms with Crippen molar-refractivity contribution in [1.29, 1.82) is 0 Å². The number of fused-ring (bicyclic) bond motifs is 13. The standard InChI is InChI=1S/C53H34N2/c1-2-16-35(17-3-1)37-20-12-21-38(34-37)54(48-32-13-19-36-18-4-5-22-39(36)48)50-33-15-30-47-52(50)55-49-31-11-8-25-42(49)43-26-14-29-46(51(43)55)53(47)44-27-9-6-23-40(44)41-24-7-10-28-45(41)53/h1-34H. The number of hydrogen-bond acceptors (Lipinski definition) is 1. The Morgan fingerprint density at radius 1 is 0.382 bits per heavy atom. The quantitative estimate of drug-likeness (QED) is 0.178. The van der Waals surface area contributed by atoms with Crippen molar-refractivity contribution in [3.63, 3.8) is 0 Å². The number of para-hydroxylation sites is 3. The first-order chi connectivity index (χ1) is 27.3. The molecule has 0 saturated carbocycles. The van der Waals surface area contributed by atoms with Gasteiger partial charge in [-0.05, 0) is 80.2 Å². The molecule has 9 aromatic carbocycles. The van der Waals surface area contributed by atoms with Crippen molar-refractivity contribution in [2.24, 2.45) is 0 Å². The third kappa shape index (κ3) is 4.03. The van der Waals surface area contributed by atoms with Crippen LogP contribution in [0.5, 0.6) is 0 Å². The Labute approximate surface area is 319 Å². The minimum atomic E-state index is -0.529. The fourth-order valence-electron chi connectivity index (χ4n) is 10.0. The molecule has 55 heavy (non-hydrogen) atoms. The van der Waals surface area contributed by atoms with Gasteiger partial charge < -0.3 is 9.47 Å². The Bertz CT molecular complexity index is 3120. The molecule has 1 aromatic heterocycles. The molecule has 10 aromatic rings. The van der Waals surface area contributed by atoms with Crippen LogP contribution in [0.25, 0.3) is 60.5 Å². The van der Waals surface area contributed by atoms with Gasteiger partial charge in [0.05, 0.1) is 33.5 Å². The minimum absolute atomic E-state index is 0.529. The zero-order valence-electron chi connectivity index (χ0n) is 30.0. The van der Waals surface area contributed by atoms with Gasteiger partial charge in [-0.3, -0.25) is 0 Å². The van der Waals surface area contributed by atoms with Crippen LogP contribution >= 0.6 is 0 Å². The molecule has 12 rings (SSSR count). The van der Waals surface area contributed by atoms with Gasteiger partial charge in [-0.2, -0.15) is 0 Å². The highest BCUT2D eigenvalue weighted by molar-refractivity contribution is 6.14. The monoisotopic (exact) mass is 698 g/mol. The van der Waals surface area contributed by atoms with E-state index in [4.69, 9.17) is 0 Å². The molecule has 0 N–H and O–H groups in total. The van der Waals surface area contributed by atoms with Crippen molar-refractivity contribution in [2.75, 3.05) is 4.90 Å². The average Bonchev–Trinajstić information content (AvgIpc) is 3.75. The van der Waals surface area contributed by atoms with Gasteiger partial charge >= 0.3 is 0 Å².